The van der Waals surface area contributed by atoms with Crippen LogP contribution in [0.2, 0.25) is 10.0 Å². The van der Waals surface area contributed by atoms with Crippen molar-refractivity contribution in [3.63, 3.8) is 0 Å². The highest BCUT2D eigenvalue weighted by Gasteiger charge is 2.74. The van der Waals surface area contributed by atoms with E-state index in [4.69, 9.17) is 27.9 Å². The Hall–Kier alpha value is -3.53. The number of fused-ring (bicyclic) bond motifs is 3. The summed E-state index contributed by atoms with van der Waals surface area (Å²) in [6.45, 7) is 0. The number of alkyl halides is 3. The average molecular weight is 560 g/mol. The summed E-state index contributed by atoms with van der Waals surface area (Å²) in [6.07, 6.45) is -6.08. The van der Waals surface area contributed by atoms with E-state index in [0.29, 0.717) is 21.6 Å². The molecule has 0 radical (unpaired) electrons. The first-order valence-corrected chi connectivity index (χ1v) is 12.1. The van der Waals surface area contributed by atoms with Crippen molar-refractivity contribution >= 4 is 52.3 Å². The van der Waals surface area contributed by atoms with E-state index >= 15 is 0 Å². The van der Waals surface area contributed by atoms with Crippen molar-refractivity contribution in [1.29, 1.82) is 0 Å². The molecule has 0 saturated carbocycles. The fourth-order valence-electron chi connectivity index (χ4n) is 5.59. The lowest BCUT2D eigenvalue weighted by atomic mass is 9.77. The van der Waals surface area contributed by atoms with Gasteiger partial charge in [-0.2, -0.15) is 13.2 Å². The van der Waals surface area contributed by atoms with Crippen LogP contribution < -0.4 is 4.90 Å². The van der Waals surface area contributed by atoms with Crippen LogP contribution in [0.4, 0.5) is 18.9 Å². The molecule has 192 valence electrons. The molecule has 1 spiro atoms. The molecule has 11 heteroatoms. The molecule has 2 fully saturated rings. The number of Topliss-reactive ketones (excluding diaryl/α,β-unsaturated/α-hetero) is 2. The van der Waals surface area contributed by atoms with Gasteiger partial charge in [-0.3, -0.25) is 19.2 Å². The van der Waals surface area contributed by atoms with E-state index in [1.54, 1.807) is 12.1 Å². The second-order valence-electron chi connectivity index (χ2n) is 9.21. The molecule has 6 rings (SSSR count). The van der Waals surface area contributed by atoms with Crippen LogP contribution in [0, 0.1) is 11.8 Å². The molecule has 3 aliphatic rings. The fraction of sp³-hybridized carbons (Fsp3) is 0.185. The van der Waals surface area contributed by atoms with E-state index in [9.17, 15) is 32.3 Å². The van der Waals surface area contributed by atoms with Gasteiger partial charge in [0.15, 0.2) is 0 Å². The predicted octanol–water partition coefficient (Wildman–Crippen LogP) is 5.71. The summed E-state index contributed by atoms with van der Waals surface area (Å²) in [5.74, 6) is -6.44. The van der Waals surface area contributed by atoms with E-state index in [2.05, 4.69) is 0 Å². The number of amides is 2. The number of ketones is 2. The maximum Gasteiger partial charge on any atom is 0.417 e. The Morgan fingerprint density at radius 1 is 0.816 bits per heavy atom. The number of rotatable bonds is 2. The molecule has 38 heavy (non-hydrogen) atoms. The lowest BCUT2D eigenvalue weighted by Crippen LogP contribution is -2.51. The summed E-state index contributed by atoms with van der Waals surface area (Å²) in [5.41, 5.74) is -3.52. The summed E-state index contributed by atoms with van der Waals surface area (Å²) in [6, 6.07) is 14.7. The largest absolute Gasteiger partial charge is 0.417 e. The van der Waals surface area contributed by atoms with Gasteiger partial charge >= 0.3 is 6.18 Å². The van der Waals surface area contributed by atoms with Crippen molar-refractivity contribution in [2.24, 2.45) is 11.8 Å². The Morgan fingerprint density at radius 3 is 2.00 bits per heavy atom. The first-order chi connectivity index (χ1) is 18.0. The maximum absolute atomic E-state index is 13.9. The van der Waals surface area contributed by atoms with Crippen LogP contribution in [-0.2, 0) is 20.5 Å². The monoisotopic (exact) mass is 559 g/mol. The van der Waals surface area contributed by atoms with Gasteiger partial charge in [0.25, 0.3) is 0 Å². The zero-order valence-electron chi connectivity index (χ0n) is 19.0. The van der Waals surface area contributed by atoms with Crippen molar-refractivity contribution < 1.29 is 37.1 Å². The van der Waals surface area contributed by atoms with Crippen molar-refractivity contribution in [1.82, 2.24) is 0 Å². The summed E-state index contributed by atoms with van der Waals surface area (Å²) in [4.78, 5) is 55.7. The standard InChI is InChI=1S/C27H14Cl2F3NO5/c28-13-7-5-12(6-8-13)21-19-20(26(38-21)22(34)15-3-1-2-4-16(15)23(26)35)25(37)33(24(19)36)14-9-10-18(29)17(11-14)27(30,31)32/h1-11,19-21H/t19-,20-,21-/m0/s1. The van der Waals surface area contributed by atoms with Gasteiger partial charge < -0.3 is 4.74 Å². The van der Waals surface area contributed by atoms with Crippen molar-refractivity contribution in [3.05, 3.63) is 99.0 Å². The van der Waals surface area contributed by atoms with Crippen LogP contribution in [0.1, 0.15) is 37.9 Å². The molecule has 2 aliphatic heterocycles. The van der Waals surface area contributed by atoms with Gasteiger partial charge in [-0.05, 0) is 35.9 Å². The molecule has 3 atom stereocenters. The lowest BCUT2D eigenvalue weighted by Gasteiger charge is -2.27. The number of benzene rings is 3. The molecule has 0 unspecified atom stereocenters. The smallest absolute Gasteiger partial charge is 0.349 e. The number of imide groups is 1. The third-order valence-electron chi connectivity index (χ3n) is 7.23. The maximum atomic E-state index is 13.9. The highest BCUT2D eigenvalue weighted by atomic mass is 35.5. The Morgan fingerprint density at radius 2 is 1.42 bits per heavy atom. The molecule has 6 nitrogen and oxygen atoms in total. The summed E-state index contributed by atoms with van der Waals surface area (Å²) in [7, 11) is 0. The van der Waals surface area contributed by atoms with Gasteiger partial charge in [0.1, 0.15) is 0 Å². The number of anilines is 1. The minimum Gasteiger partial charge on any atom is -0.349 e. The van der Waals surface area contributed by atoms with Crippen LogP contribution in [0.25, 0.3) is 0 Å². The van der Waals surface area contributed by atoms with Gasteiger partial charge in [-0.25, -0.2) is 4.90 Å². The van der Waals surface area contributed by atoms with Gasteiger partial charge in [-0.15, -0.1) is 0 Å². The quantitative estimate of drug-likeness (QED) is 0.297. The summed E-state index contributed by atoms with van der Waals surface area (Å²) in [5, 5.41) is -0.245. The molecule has 3 aromatic carbocycles. The van der Waals surface area contributed by atoms with Crippen LogP contribution in [0.3, 0.4) is 0 Å². The van der Waals surface area contributed by atoms with Crippen LogP contribution in [-0.4, -0.2) is 29.0 Å². The number of nitrogens with zero attached hydrogens (tertiary/aromatic N) is 1. The van der Waals surface area contributed by atoms with Gasteiger partial charge in [-0.1, -0.05) is 59.6 Å². The first kappa shape index (κ1) is 24.8. The Balaban J connectivity index is 1.53. The topological polar surface area (TPSA) is 80.8 Å². The van der Waals surface area contributed by atoms with Gasteiger partial charge in [0.2, 0.25) is 29.0 Å². The zero-order valence-corrected chi connectivity index (χ0v) is 20.5. The third-order valence-corrected chi connectivity index (χ3v) is 7.81. The molecular formula is C27H14Cl2F3NO5. The van der Waals surface area contributed by atoms with Gasteiger partial charge in [0, 0.05) is 16.1 Å². The highest BCUT2D eigenvalue weighted by molar-refractivity contribution is 6.37. The molecular weight excluding hydrogens is 546 g/mol. The summed E-state index contributed by atoms with van der Waals surface area (Å²) < 4.78 is 46.8. The Labute approximate surface area is 222 Å². The third kappa shape index (κ3) is 3.25. The van der Waals surface area contributed by atoms with E-state index in [1.165, 1.54) is 36.4 Å². The molecule has 0 aromatic heterocycles. The van der Waals surface area contributed by atoms with Crippen LogP contribution >= 0.6 is 23.2 Å². The molecule has 0 N–H and O–H groups in total. The molecule has 1 aliphatic carbocycles. The number of carbonyl (C=O) groups is 4. The van der Waals surface area contributed by atoms with E-state index in [1.807, 2.05) is 0 Å². The lowest BCUT2D eigenvalue weighted by molar-refractivity contribution is -0.137. The van der Waals surface area contributed by atoms with Crippen molar-refractivity contribution in [2.75, 3.05) is 4.90 Å². The fourth-order valence-corrected chi connectivity index (χ4v) is 5.95. The van der Waals surface area contributed by atoms with E-state index in [0.717, 1.165) is 12.1 Å². The molecule has 2 saturated heterocycles. The van der Waals surface area contributed by atoms with Crippen LogP contribution in [0.15, 0.2) is 66.7 Å². The van der Waals surface area contributed by atoms with Crippen molar-refractivity contribution in [3.8, 4) is 0 Å². The Kier molecular flexibility index (Phi) is 5.37. The van der Waals surface area contributed by atoms with E-state index in [-0.39, 0.29) is 16.8 Å². The zero-order chi connectivity index (χ0) is 27.1. The minimum absolute atomic E-state index is 0.0394. The first-order valence-electron chi connectivity index (χ1n) is 11.3. The Bertz CT molecular complexity index is 1530. The molecule has 3 aromatic rings. The second kappa shape index (κ2) is 8.23. The van der Waals surface area contributed by atoms with E-state index < -0.39 is 63.7 Å². The normalized spacial score (nSPS) is 23.9. The number of carbonyl (C=O) groups excluding carboxylic acids is 4. The SMILES string of the molecule is O=C1[C@H]2[C@@H](C(=O)N1c1ccc(Cl)c(C(F)(F)F)c1)C1(O[C@H]2c2ccc(Cl)cc2)C(=O)c2ccccc2C1=O. The number of ether oxygens (including phenoxy) is 1. The predicted molar refractivity (Wildman–Crippen MR) is 129 cm³/mol. The second-order valence-corrected chi connectivity index (χ2v) is 10.1. The number of hydrogen-bond acceptors (Lipinski definition) is 5. The number of halogens is 5. The van der Waals surface area contributed by atoms with Gasteiger partial charge in [0.05, 0.1) is 34.2 Å². The minimum atomic E-state index is -4.86. The van der Waals surface area contributed by atoms with Crippen molar-refractivity contribution in [2.45, 2.75) is 17.9 Å². The molecule has 2 heterocycles. The highest BCUT2D eigenvalue weighted by Crippen LogP contribution is 2.58. The number of hydrogen-bond donors (Lipinski definition) is 0. The molecule has 0 bridgehead atoms. The average Bonchev–Trinajstić information content (AvgIpc) is 3.44. The van der Waals surface area contributed by atoms with Crippen LogP contribution in [0.5, 0.6) is 0 Å². The summed E-state index contributed by atoms with van der Waals surface area (Å²) >= 11 is 11.7. The molecule has 2 amide bonds.